The molecule has 0 aromatic rings. The minimum Gasteiger partial charge on any atom is -0.379 e. The lowest BCUT2D eigenvalue weighted by Gasteiger charge is -2.28. The van der Waals surface area contributed by atoms with Crippen molar-refractivity contribution in [1.82, 2.24) is 0 Å². The van der Waals surface area contributed by atoms with Crippen molar-refractivity contribution in [1.29, 1.82) is 0 Å². The van der Waals surface area contributed by atoms with E-state index >= 15 is 0 Å². The number of rotatable bonds is 45. The van der Waals surface area contributed by atoms with Crippen molar-refractivity contribution in [3.8, 4) is 0 Å². The average molecular weight is 841 g/mol. The van der Waals surface area contributed by atoms with Gasteiger partial charge < -0.3 is 28.4 Å². The van der Waals surface area contributed by atoms with E-state index in [0.29, 0.717) is 32.5 Å². The Morgan fingerprint density at radius 3 is 1.24 bits per heavy atom. The van der Waals surface area contributed by atoms with Gasteiger partial charge in [0.2, 0.25) is 0 Å². The van der Waals surface area contributed by atoms with E-state index in [1.54, 1.807) is 0 Å². The quantitative estimate of drug-likeness (QED) is 0.0560. The summed E-state index contributed by atoms with van der Waals surface area (Å²) in [6, 6.07) is 0. The molecule has 0 saturated heterocycles. The summed E-state index contributed by atoms with van der Waals surface area (Å²) in [5.74, 6) is 0.311. The number of Topliss-reactive ketones (excluding diaryl/α,β-unsaturated/α-hetero) is 2. The van der Waals surface area contributed by atoms with E-state index in [1.165, 1.54) is 77.0 Å². The van der Waals surface area contributed by atoms with Gasteiger partial charge in [0.25, 0.3) is 0 Å². The molecule has 0 radical (unpaired) electrons. The highest BCUT2D eigenvalue weighted by atomic mass is 16.5. The number of ketones is 2. The minimum absolute atomic E-state index is 0.122. The van der Waals surface area contributed by atoms with Crippen molar-refractivity contribution in [2.24, 2.45) is 0 Å². The van der Waals surface area contributed by atoms with Gasteiger partial charge in [-0.1, -0.05) is 136 Å². The van der Waals surface area contributed by atoms with Crippen LogP contribution in [-0.2, 0) is 38.0 Å². The minimum atomic E-state index is -0.817. The summed E-state index contributed by atoms with van der Waals surface area (Å²) >= 11 is 0. The van der Waals surface area contributed by atoms with Crippen LogP contribution >= 0.6 is 0 Å². The van der Waals surface area contributed by atoms with E-state index in [-0.39, 0.29) is 48.2 Å². The molecule has 5 atom stereocenters. The van der Waals surface area contributed by atoms with Crippen molar-refractivity contribution < 1.29 is 38.0 Å². The van der Waals surface area contributed by atoms with Crippen molar-refractivity contribution in [3.05, 3.63) is 0 Å². The van der Waals surface area contributed by atoms with Gasteiger partial charge in [0.15, 0.2) is 11.6 Å². The molecule has 0 saturated carbocycles. The number of unbranched alkanes of at least 4 members (excludes halogenated alkanes) is 17. The predicted octanol–water partition coefficient (Wildman–Crippen LogP) is 13.9. The molecule has 0 aliphatic heterocycles. The molecule has 8 heteroatoms. The second-order valence-corrected chi connectivity index (χ2v) is 18.5. The van der Waals surface area contributed by atoms with Crippen LogP contribution < -0.4 is 0 Å². The SMILES string of the molecule is CCCCCCCCC(OC(C)C)C(CCCCCCCC(=O)C(C)OCCCOC(C)(C)C(=O)CCCCCCC(OC)C(CCCCCCCC)OC(C)C)OC. The van der Waals surface area contributed by atoms with Gasteiger partial charge in [-0.25, -0.2) is 0 Å². The van der Waals surface area contributed by atoms with Gasteiger partial charge in [0.1, 0.15) is 11.7 Å². The number of carbonyl (C=O) groups is 2. The Labute approximate surface area is 366 Å². The first-order valence-corrected chi connectivity index (χ1v) is 25.0. The Balaban J connectivity index is 4.20. The normalized spacial score (nSPS) is 14.9. The molecule has 59 heavy (non-hydrogen) atoms. The molecule has 0 aromatic carbocycles. The Kier molecular flexibility index (Phi) is 38.2. The summed E-state index contributed by atoms with van der Waals surface area (Å²) in [5.41, 5.74) is -0.817. The van der Waals surface area contributed by atoms with Gasteiger partial charge in [-0.15, -0.1) is 0 Å². The fraction of sp³-hybridized carbons (Fsp3) is 0.961. The summed E-state index contributed by atoms with van der Waals surface area (Å²) in [6.45, 7) is 19.5. The van der Waals surface area contributed by atoms with E-state index in [2.05, 4.69) is 41.5 Å². The van der Waals surface area contributed by atoms with E-state index in [9.17, 15) is 9.59 Å². The molecule has 0 fully saturated rings. The van der Waals surface area contributed by atoms with Crippen molar-refractivity contribution >= 4 is 11.6 Å². The average Bonchev–Trinajstić information content (AvgIpc) is 3.19. The summed E-state index contributed by atoms with van der Waals surface area (Å²) in [7, 11) is 3.64. The number of methoxy groups -OCH3 is 2. The van der Waals surface area contributed by atoms with Gasteiger partial charge in [0.05, 0.1) is 43.2 Å². The number of ether oxygens (including phenoxy) is 6. The van der Waals surface area contributed by atoms with Crippen LogP contribution in [0.15, 0.2) is 0 Å². The molecule has 0 amide bonds. The molecule has 0 heterocycles. The molecule has 0 N–H and O–H groups in total. The first kappa shape index (κ1) is 58.1. The van der Waals surface area contributed by atoms with Crippen LogP contribution in [0.5, 0.6) is 0 Å². The third-order valence-corrected chi connectivity index (χ3v) is 11.8. The van der Waals surface area contributed by atoms with E-state index in [4.69, 9.17) is 28.4 Å². The van der Waals surface area contributed by atoms with Gasteiger partial charge in [0, 0.05) is 33.7 Å². The molecular weight excluding hydrogens is 741 g/mol. The zero-order valence-electron chi connectivity index (χ0n) is 41.0. The number of hydrogen-bond donors (Lipinski definition) is 0. The predicted molar refractivity (Wildman–Crippen MR) is 248 cm³/mol. The van der Waals surface area contributed by atoms with Crippen LogP contribution in [0.1, 0.15) is 242 Å². The molecule has 0 bridgehead atoms. The molecule has 352 valence electrons. The van der Waals surface area contributed by atoms with Crippen LogP contribution in [0, 0.1) is 0 Å². The fourth-order valence-corrected chi connectivity index (χ4v) is 8.03. The van der Waals surface area contributed by atoms with Crippen LogP contribution in [-0.4, -0.2) is 87.3 Å². The molecule has 0 aromatic heterocycles. The van der Waals surface area contributed by atoms with Gasteiger partial charge in [-0.05, 0) is 93.4 Å². The Morgan fingerprint density at radius 1 is 0.458 bits per heavy atom. The molecule has 0 aliphatic rings. The van der Waals surface area contributed by atoms with Gasteiger partial charge >= 0.3 is 0 Å². The van der Waals surface area contributed by atoms with Crippen LogP contribution in [0.4, 0.5) is 0 Å². The molecule has 8 nitrogen and oxygen atoms in total. The van der Waals surface area contributed by atoms with Crippen molar-refractivity contribution in [2.75, 3.05) is 27.4 Å². The van der Waals surface area contributed by atoms with Crippen LogP contribution in [0.2, 0.25) is 0 Å². The lowest BCUT2D eigenvalue weighted by Crippen LogP contribution is -2.35. The van der Waals surface area contributed by atoms with Crippen LogP contribution in [0.3, 0.4) is 0 Å². The molecule has 5 unspecified atom stereocenters. The third kappa shape index (κ3) is 32.4. The summed E-state index contributed by atoms with van der Waals surface area (Å²) < 4.78 is 36.3. The number of hydrogen-bond acceptors (Lipinski definition) is 8. The zero-order valence-corrected chi connectivity index (χ0v) is 41.0. The van der Waals surface area contributed by atoms with Gasteiger partial charge in [-0.3, -0.25) is 9.59 Å². The Hall–Kier alpha value is -0.900. The maximum absolute atomic E-state index is 13.0. The first-order chi connectivity index (χ1) is 28.3. The topological polar surface area (TPSA) is 89.5 Å². The summed E-state index contributed by atoms with van der Waals surface area (Å²) in [4.78, 5) is 25.7. The fourth-order valence-electron chi connectivity index (χ4n) is 8.03. The maximum Gasteiger partial charge on any atom is 0.164 e. The highest BCUT2D eigenvalue weighted by Gasteiger charge is 2.28. The first-order valence-electron chi connectivity index (χ1n) is 25.0. The highest BCUT2D eigenvalue weighted by molar-refractivity contribution is 5.86. The highest BCUT2D eigenvalue weighted by Crippen LogP contribution is 2.23. The Morgan fingerprint density at radius 2 is 0.831 bits per heavy atom. The van der Waals surface area contributed by atoms with E-state index in [0.717, 1.165) is 83.5 Å². The molecule has 0 aliphatic carbocycles. The monoisotopic (exact) mass is 841 g/mol. The van der Waals surface area contributed by atoms with Crippen molar-refractivity contribution in [2.45, 2.75) is 290 Å². The zero-order chi connectivity index (χ0) is 44.2. The van der Waals surface area contributed by atoms with E-state index < -0.39 is 11.7 Å². The molecule has 0 spiro atoms. The lowest BCUT2D eigenvalue weighted by atomic mass is 9.96. The van der Waals surface area contributed by atoms with Gasteiger partial charge in [-0.2, -0.15) is 0 Å². The summed E-state index contributed by atoms with van der Waals surface area (Å²) in [6.07, 6.45) is 31.3. The second kappa shape index (κ2) is 38.7. The lowest BCUT2D eigenvalue weighted by molar-refractivity contribution is -0.141. The van der Waals surface area contributed by atoms with E-state index in [1.807, 2.05) is 35.0 Å². The van der Waals surface area contributed by atoms with Crippen LogP contribution in [0.25, 0.3) is 0 Å². The largest absolute Gasteiger partial charge is 0.379 e. The third-order valence-electron chi connectivity index (χ3n) is 11.8. The summed E-state index contributed by atoms with van der Waals surface area (Å²) in [5, 5.41) is 0. The van der Waals surface area contributed by atoms with Crippen molar-refractivity contribution in [3.63, 3.8) is 0 Å². The Bertz CT molecular complexity index is 952. The maximum atomic E-state index is 13.0. The number of carbonyl (C=O) groups excluding carboxylic acids is 2. The molecular formula is C51H100O8. The standard InChI is InChI=1S/C51H100O8/c1-12-14-16-18-22-30-37-48(58-42(3)4)46(54-10)35-28-24-20-21-27-34-45(52)44(7)56-40-33-41-57-51(8,9)50(53)39-32-26-25-29-36-47(55-11)49(59-43(5)6)38-31-23-19-17-15-13-2/h42-44,46-49H,12-41H2,1-11H3. The molecule has 0 rings (SSSR count). The second-order valence-electron chi connectivity index (χ2n) is 18.5. The smallest absolute Gasteiger partial charge is 0.164 e.